The lowest BCUT2D eigenvalue weighted by atomic mass is 10.0. The number of fused-ring (bicyclic) bond motifs is 1. The summed E-state index contributed by atoms with van der Waals surface area (Å²) in [6.07, 6.45) is 3.40. The molecule has 2 unspecified atom stereocenters. The predicted molar refractivity (Wildman–Crippen MR) is 138 cm³/mol. The van der Waals surface area contributed by atoms with Crippen LogP contribution in [0.5, 0.6) is 0 Å². The predicted octanol–water partition coefficient (Wildman–Crippen LogP) is 5.49. The van der Waals surface area contributed by atoms with Gasteiger partial charge in [0, 0.05) is 33.6 Å². The number of carbonyl (C=O) groups is 1. The summed E-state index contributed by atoms with van der Waals surface area (Å²) in [7, 11) is 1.31. The first-order valence-electron chi connectivity index (χ1n) is 11.7. The van der Waals surface area contributed by atoms with Crippen LogP contribution in [0.1, 0.15) is 35.6 Å². The van der Waals surface area contributed by atoms with Gasteiger partial charge in [-0.2, -0.15) is 4.68 Å². The highest BCUT2D eigenvalue weighted by atomic mass is 35.5. The average molecular weight is 531 g/mol. The molecule has 0 aliphatic heterocycles. The normalized spacial score (nSPS) is 16.3. The third kappa shape index (κ3) is 4.37. The molecule has 1 amide bonds. The Morgan fingerprint density at radius 3 is 2.74 bits per heavy atom. The Bertz CT molecular complexity index is 1620. The molecule has 5 aromatic rings. The zero-order chi connectivity index (χ0) is 26.2. The van der Waals surface area contributed by atoms with Gasteiger partial charge < -0.3 is 9.72 Å². The Morgan fingerprint density at radius 2 is 1.97 bits per heavy atom. The molecule has 3 aromatic heterocycles. The van der Waals surface area contributed by atoms with E-state index in [1.807, 2.05) is 18.2 Å². The molecule has 0 bridgehead atoms. The number of H-pyrrole nitrogens is 1. The van der Waals surface area contributed by atoms with Crippen molar-refractivity contribution in [2.45, 2.75) is 18.5 Å². The van der Waals surface area contributed by atoms with E-state index in [0.29, 0.717) is 39.0 Å². The van der Waals surface area contributed by atoms with Gasteiger partial charge in [0.05, 0.1) is 36.3 Å². The summed E-state index contributed by atoms with van der Waals surface area (Å²) >= 11 is 6.28. The molecule has 0 saturated carbocycles. The number of hydrogen-bond acceptors (Lipinski definition) is 7. The maximum absolute atomic E-state index is 15.3. The van der Waals surface area contributed by atoms with E-state index in [-0.39, 0.29) is 12.3 Å². The lowest BCUT2D eigenvalue weighted by Crippen LogP contribution is -2.10. The van der Waals surface area contributed by atoms with Gasteiger partial charge in [0.15, 0.2) is 0 Å². The topological polar surface area (TPSA) is 124 Å². The minimum atomic E-state index is -1.20. The van der Waals surface area contributed by atoms with Gasteiger partial charge in [0.2, 0.25) is 0 Å². The number of halogens is 2. The van der Waals surface area contributed by atoms with Crippen LogP contribution in [-0.2, 0) is 4.74 Å². The van der Waals surface area contributed by atoms with Crippen LogP contribution in [0.3, 0.4) is 0 Å². The molecule has 1 aliphatic rings. The number of hydrogen-bond donors (Lipinski definition) is 2. The number of rotatable bonds is 5. The molecule has 0 fully saturated rings. The Hall–Kier alpha value is -4.64. The van der Waals surface area contributed by atoms with Crippen molar-refractivity contribution in [3.63, 3.8) is 0 Å². The van der Waals surface area contributed by atoms with E-state index in [0.717, 1.165) is 16.8 Å². The van der Waals surface area contributed by atoms with Crippen LogP contribution < -0.4 is 5.32 Å². The maximum atomic E-state index is 15.3. The number of tetrazole rings is 1. The lowest BCUT2D eigenvalue weighted by molar-refractivity contribution is 0.187. The van der Waals surface area contributed by atoms with Crippen molar-refractivity contribution in [3.8, 4) is 28.1 Å². The van der Waals surface area contributed by atoms with Gasteiger partial charge in [-0.1, -0.05) is 23.7 Å². The van der Waals surface area contributed by atoms with E-state index in [9.17, 15) is 4.79 Å². The number of benzene rings is 2. The summed E-state index contributed by atoms with van der Waals surface area (Å²) in [5, 5.41) is 14.5. The lowest BCUT2D eigenvalue weighted by Gasteiger charge is -2.12. The minimum absolute atomic E-state index is 0.232. The molecular formula is C26H20ClFN8O2. The molecular weight excluding hydrogens is 511 g/mol. The number of ether oxygens (including phenoxy) is 1. The molecule has 10 nitrogen and oxygen atoms in total. The van der Waals surface area contributed by atoms with E-state index < -0.39 is 12.3 Å². The largest absolute Gasteiger partial charge is 0.453 e. The molecule has 38 heavy (non-hydrogen) atoms. The van der Waals surface area contributed by atoms with E-state index in [1.165, 1.54) is 18.1 Å². The van der Waals surface area contributed by atoms with Gasteiger partial charge in [0.1, 0.15) is 18.3 Å². The monoisotopic (exact) mass is 530 g/mol. The van der Waals surface area contributed by atoms with E-state index >= 15 is 4.39 Å². The fraction of sp³-hybridized carbons (Fsp3) is 0.154. The van der Waals surface area contributed by atoms with Gasteiger partial charge in [-0.3, -0.25) is 10.3 Å². The van der Waals surface area contributed by atoms with E-state index in [4.69, 9.17) is 11.6 Å². The van der Waals surface area contributed by atoms with Crippen molar-refractivity contribution in [2.24, 2.45) is 0 Å². The maximum Gasteiger partial charge on any atom is 0.411 e. The Labute approximate surface area is 220 Å². The molecule has 6 rings (SSSR count). The molecule has 1 aliphatic carbocycles. The van der Waals surface area contributed by atoms with Gasteiger partial charge in [0.25, 0.3) is 0 Å². The molecule has 3 heterocycles. The fourth-order valence-corrected chi connectivity index (χ4v) is 4.81. The molecule has 2 aromatic carbocycles. The first kappa shape index (κ1) is 23.7. The van der Waals surface area contributed by atoms with Gasteiger partial charge in [-0.25, -0.2) is 14.2 Å². The number of aromatic nitrogens is 7. The van der Waals surface area contributed by atoms with Crippen molar-refractivity contribution in [2.75, 3.05) is 12.4 Å². The molecule has 12 heteroatoms. The summed E-state index contributed by atoms with van der Waals surface area (Å²) in [6, 6.07) is 14.4. The molecule has 0 saturated heterocycles. The fourth-order valence-electron chi connectivity index (χ4n) is 4.64. The second-order valence-electron chi connectivity index (χ2n) is 8.75. The summed E-state index contributed by atoms with van der Waals surface area (Å²) < 4.78 is 21.5. The summed E-state index contributed by atoms with van der Waals surface area (Å²) in [5.41, 5.74) is 5.56. The van der Waals surface area contributed by atoms with Crippen molar-refractivity contribution in [1.29, 1.82) is 0 Å². The minimum Gasteiger partial charge on any atom is -0.453 e. The van der Waals surface area contributed by atoms with E-state index in [1.54, 1.807) is 42.7 Å². The highest BCUT2D eigenvalue weighted by Gasteiger charge is 2.35. The second-order valence-corrected chi connectivity index (χ2v) is 9.18. The zero-order valence-electron chi connectivity index (χ0n) is 20.0. The highest BCUT2D eigenvalue weighted by Crippen LogP contribution is 2.46. The van der Waals surface area contributed by atoms with Crippen LogP contribution in [-0.4, -0.2) is 48.4 Å². The molecule has 2 N–H and O–H groups in total. The second kappa shape index (κ2) is 9.67. The molecule has 190 valence electrons. The van der Waals surface area contributed by atoms with Crippen molar-refractivity contribution in [1.82, 2.24) is 35.2 Å². The van der Waals surface area contributed by atoms with Gasteiger partial charge in [-0.15, -0.1) is 5.10 Å². The zero-order valence-corrected chi connectivity index (χ0v) is 20.7. The van der Waals surface area contributed by atoms with Crippen molar-refractivity contribution < 1.29 is 13.9 Å². The summed E-state index contributed by atoms with van der Waals surface area (Å²) in [4.78, 5) is 23.9. The first-order chi connectivity index (χ1) is 18.5. The smallest absolute Gasteiger partial charge is 0.411 e. The van der Waals surface area contributed by atoms with Gasteiger partial charge >= 0.3 is 6.09 Å². The number of nitrogens with one attached hydrogen (secondary N) is 2. The number of amides is 1. The van der Waals surface area contributed by atoms with Crippen molar-refractivity contribution in [3.05, 3.63) is 89.4 Å². The van der Waals surface area contributed by atoms with E-state index in [2.05, 4.69) is 40.5 Å². The quantitative estimate of drug-likeness (QED) is 0.308. The Kier molecular flexibility index (Phi) is 6.04. The van der Waals surface area contributed by atoms with Crippen LogP contribution in [0.2, 0.25) is 5.02 Å². The van der Waals surface area contributed by atoms with Crippen LogP contribution >= 0.6 is 11.6 Å². The number of alkyl halides is 1. The number of aromatic amines is 1. The van der Waals surface area contributed by atoms with Gasteiger partial charge in [-0.05, 0) is 58.8 Å². The molecule has 0 spiro atoms. The van der Waals surface area contributed by atoms with Crippen molar-refractivity contribution >= 4 is 23.4 Å². The molecule has 2 atom stereocenters. The number of pyridine rings is 1. The number of carbonyl (C=O) groups excluding carboxylic acids is 1. The highest BCUT2D eigenvalue weighted by molar-refractivity contribution is 6.31. The number of anilines is 1. The Morgan fingerprint density at radius 1 is 1.13 bits per heavy atom. The first-order valence-corrected chi connectivity index (χ1v) is 12.1. The number of imidazole rings is 1. The third-order valence-electron chi connectivity index (χ3n) is 6.48. The van der Waals surface area contributed by atoms with Crippen LogP contribution in [0.4, 0.5) is 14.9 Å². The van der Waals surface area contributed by atoms with Crippen LogP contribution in [0.15, 0.2) is 67.3 Å². The number of methoxy groups -OCH3 is 1. The van der Waals surface area contributed by atoms with Crippen LogP contribution in [0, 0.1) is 0 Å². The summed E-state index contributed by atoms with van der Waals surface area (Å²) in [5.74, 6) is 0.317. The molecule has 0 radical (unpaired) electrons. The van der Waals surface area contributed by atoms with Crippen LogP contribution in [0.25, 0.3) is 28.1 Å². The third-order valence-corrected chi connectivity index (χ3v) is 6.71. The number of nitrogens with zero attached hydrogens (tertiary/aromatic N) is 6. The standard InChI is InChI=1S/C26H20ClFN8O2/c1-38-26(37)32-17-5-2-14(3-6-17)22-12-30-25(33-22)20-10-21(28)19-8-15(11-29-24(19)20)18-9-16(27)4-7-23(18)36-13-31-34-35-36/h2-9,11-13,20-21H,10H2,1H3,(H,30,33)(H,32,37). The average Bonchev–Trinajstić information content (AvgIpc) is 3.70. The Balaban J connectivity index is 1.29. The summed E-state index contributed by atoms with van der Waals surface area (Å²) in [6.45, 7) is 0. The SMILES string of the molecule is COC(=O)Nc1ccc(-c2cnc(C3CC(F)c4cc(-c5cc(Cl)ccc5-n5cnnn5)cnc43)[nH]2)cc1.